The van der Waals surface area contributed by atoms with E-state index in [1.54, 1.807) is 36.0 Å². The van der Waals surface area contributed by atoms with Crippen molar-refractivity contribution in [3.8, 4) is 10.8 Å². The van der Waals surface area contributed by atoms with Gasteiger partial charge < -0.3 is 4.42 Å². The molecular weight excluding hydrogens is 456 g/mol. The van der Waals surface area contributed by atoms with Crippen molar-refractivity contribution in [1.29, 1.82) is 0 Å². The molecule has 160 valence electrons. The third kappa shape index (κ3) is 4.48. The Morgan fingerprint density at radius 1 is 1.17 bits per heavy atom. The van der Waals surface area contributed by atoms with Gasteiger partial charge in [0.05, 0.1) is 18.4 Å². The summed E-state index contributed by atoms with van der Waals surface area (Å²) in [6.07, 6.45) is -1.45. The standard InChI is InChI=1S/C17H17F2N5O3S3/c18-15(19)17-22-21-16(27-17)13-10-20-14(29-13)11-24(12-4-2-1-3-5-12)30(25,26)23-6-8-28-9-7-23/h1-5,10,15H,6-9,11H2. The van der Waals surface area contributed by atoms with Crippen LogP contribution in [0.5, 0.6) is 0 Å². The normalized spacial score (nSPS) is 15.6. The van der Waals surface area contributed by atoms with Crippen molar-refractivity contribution in [2.75, 3.05) is 28.9 Å². The van der Waals surface area contributed by atoms with Crippen LogP contribution in [0, 0.1) is 0 Å². The molecule has 8 nitrogen and oxygen atoms in total. The lowest BCUT2D eigenvalue weighted by Crippen LogP contribution is -2.47. The summed E-state index contributed by atoms with van der Waals surface area (Å²) in [5, 5.41) is 7.39. The van der Waals surface area contributed by atoms with Crippen LogP contribution < -0.4 is 4.31 Å². The van der Waals surface area contributed by atoms with Crippen LogP contribution in [0.25, 0.3) is 10.8 Å². The van der Waals surface area contributed by atoms with Crippen LogP contribution in [0.1, 0.15) is 17.3 Å². The topological polar surface area (TPSA) is 92.4 Å². The smallest absolute Gasteiger partial charge is 0.314 e. The van der Waals surface area contributed by atoms with Gasteiger partial charge in [-0.05, 0) is 12.1 Å². The van der Waals surface area contributed by atoms with E-state index in [0.29, 0.717) is 28.7 Å². The molecule has 3 aromatic rings. The molecule has 0 atom stereocenters. The number of anilines is 1. The molecule has 0 spiro atoms. The van der Waals surface area contributed by atoms with E-state index in [1.807, 2.05) is 6.07 Å². The SMILES string of the molecule is O=S(=O)(N1CCSCC1)N(Cc1ncc(-c2nnc(C(F)F)o2)s1)c1ccccc1. The zero-order chi connectivity index (χ0) is 21.1. The minimum atomic E-state index is -3.77. The van der Waals surface area contributed by atoms with Gasteiger partial charge in [-0.25, -0.2) is 4.98 Å². The number of nitrogens with zero attached hydrogens (tertiary/aromatic N) is 5. The highest BCUT2D eigenvalue weighted by Crippen LogP contribution is 2.30. The number of benzene rings is 1. The molecule has 13 heteroatoms. The molecule has 0 aliphatic carbocycles. The molecule has 0 radical (unpaired) electrons. The Labute approximate surface area is 180 Å². The van der Waals surface area contributed by atoms with Crippen molar-refractivity contribution < 1.29 is 21.6 Å². The molecule has 0 unspecified atom stereocenters. The van der Waals surface area contributed by atoms with Gasteiger partial charge in [0.2, 0.25) is 0 Å². The lowest BCUT2D eigenvalue weighted by Gasteiger charge is -2.32. The van der Waals surface area contributed by atoms with Crippen molar-refractivity contribution in [2.45, 2.75) is 13.0 Å². The largest absolute Gasteiger partial charge is 0.414 e. The highest BCUT2D eigenvalue weighted by molar-refractivity contribution is 7.99. The van der Waals surface area contributed by atoms with Gasteiger partial charge in [-0.3, -0.25) is 4.31 Å². The molecular formula is C17H17F2N5O3S3. The van der Waals surface area contributed by atoms with E-state index < -0.39 is 22.5 Å². The number of hydrogen-bond acceptors (Lipinski definition) is 8. The molecule has 0 saturated carbocycles. The molecule has 30 heavy (non-hydrogen) atoms. The van der Waals surface area contributed by atoms with E-state index in [2.05, 4.69) is 15.2 Å². The first-order valence-electron chi connectivity index (χ1n) is 8.92. The number of thiazole rings is 1. The Kier molecular flexibility index (Phi) is 6.32. The molecule has 1 aromatic carbocycles. The summed E-state index contributed by atoms with van der Waals surface area (Å²) in [5.74, 6) is 0.646. The zero-order valence-electron chi connectivity index (χ0n) is 15.5. The predicted molar refractivity (Wildman–Crippen MR) is 111 cm³/mol. The van der Waals surface area contributed by atoms with Gasteiger partial charge in [-0.2, -0.15) is 33.3 Å². The first-order chi connectivity index (χ1) is 14.4. The molecule has 0 N–H and O–H groups in total. The second-order valence-electron chi connectivity index (χ2n) is 6.23. The molecule has 2 aromatic heterocycles. The van der Waals surface area contributed by atoms with Crippen LogP contribution in [0.2, 0.25) is 0 Å². The first-order valence-corrected chi connectivity index (χ1v) is 12.3. The van der Waals surface area contributed by atoms with Gasteiger partial charge in [0.25, 0.3) is 11.8 Å². The van der Waals surface area contributed by atoms with Crippen molar-refractivity contribution in [3.05, 3.63) is 47.4 Å². The van der Waals surface area contributed by atoms with Crippen molar-refractivity contribution in [1.82, 2.24) is 19.5 Å². The number of hydrogen-bond donors (Lipinski definition) is 0. The predicted octanol–water partition coefficient (Wildman–Crippen LogP) is 3.43. The molecule has 3 heterocycles. The summed E-state index contributed by atoms with van der Waals surface area (Å²) in [5.41, 5.74) is 0.519. The van der Waals surface area contributed by atoms with Gasteiger partial charge >= 0.3 is 16.6 Å². The van der Waals surface area contributed by atoms with E-state index in [-0.39, 0.29) is 12.4 Å². The number of thioether (sulfide) groups is 1. The Morgan fingerprint density at radius 2 is 1.90 bits per heavy atom. The Hall–Kier alpha value is -2.09. The van der Waals surface area contributed by atoms with Crippen molar-refractivity contribution >= 4 is 39.0 Å². The van der Waals surface area contributed by atoms with Gasteiger partial charge in [-0.15, -0.1) is 21.5 Å². The minimum absolute atomic E-state index is 0.00347. The molecule has 1 saturated heterocycles. The number of aromatic nitrogens is 3. The quantitative estimate of drug-likeness (QED) is 0.519. The zero-order valence-corrected chi connectivity index (χ0v) is 18.0. The molecule has 0 bridgehead atoms. The van der Waals surface area contributed by atoms with E-state index in [1.165, 1.54) is 14.8 Å². The second kappa shape index (κ2) is 8.96. The maximum absolute atomic E-state index is 13.3. The summed E-state index contributed by atoms with van der Waals surface area (Å²) >= 11 is 2.84. The van der Waals surface area contributed by atoms with Crippen LogP contribution in [0.15, 0.2) is 40.9 Å². The van der Waals surface area contributed by atoms with Crippen molar-refractivity contribution in [3.63, 3.8) is 0 Å². The maximum atomic E-state index is 13.3. The molecule has 1 aliphatic heterocycles. The average Bonchev–Trinajstić information content (AvgIpc) is 3.43. The average molecular weight is 474 g/mol. The third-order valence-electron chi connectivity index (χ3n) is 4.29. The van der Waals surface area contributed by atoms with E-state index in [4.69, 9.17) is 4.42 Å². The van der Waals surface area contributed by atoms with Crippen LogP contribution in [-0.2, 0) is 16.8 Å². The van der Waals surface area contributed by atoms with Crippen LogP contribution >= 0.6 is 23.1 Å². The molecule has 1 fully saturated rings. The second-order valence-corrected chi connectivity index (χ2v) is 10.4. The fraction of sp³-hybridized carbons (Fsp3) is 0.353. The fourth-order valence-corrected chi connectivity index (χ4v) is 6.48. The minimum Gasteiger partial charge on any atom is -0.414 e. The van der Waals surface area contributed by atoms with E-state index in [0.717, 1.165) is 22.8 Å². The van der Waals surface area contributed by atoms with E-state index >= 15 is 0 Å². The van der Waals surface area contributed by atoms with Crippen LogP contribution in [0.4, 0.5) is 14.5 Å². The Bertz CT molecular complexity index is 1090. The summed E-state index contributed by atoms with van der Waals surface area (Å²) in [6, 6.07) is 8.78. The lowest BCUT2D eigenvalue weighted by molar-refractivity contribution is 0.116. The van der Waals surface area contributed by atoms with Gasteiger partial charge in [0.15, 0.2) is 0 Å². The maximum Gasteiger partial charge on any atom is 0.314 e. The summed E-state index contributed by atoms with van der Waals surface area (Å²) in [7, 11) is -3.77. The fourth-order valence-electron chi connectivity index (χ4n) is 2.84. The lowest BCUT2D eigenvalue weighted by atomic mass is 10.3. The number of rotatable bonds is 7. The first kappa shape index (κ1) is 21.2. The number of para-hydroxylation sites is 1. The molecule has 1 aliphatic rings. The van der Waals surface area contributed by atoms with Crippen molar-refractivity contribution in [2.24, 2.45) is 0 Å². The highest BCUT2D eigenvalue weighted by Gasteiger charge is 2.32. The summed E-state index contributed by atoms with van der Waals surface area (Å²) in [4.78, 5) is 4.64. The number of halogens is 2. The van der Waals surface area contributed by atoms with Crippen LogP contribution in [-0.4, -0.2) is 52.5 Å². The van der Waals surface area contributed by atoms with Gasteiger partial charge in [0.1, 0.15) is 9.88 Å². The Morgan fingerprint density at radius 3 is 2.57 bits per heavy atom. The van der Waals surface area contributed by atoms with Gasteiger partial charge in [-0.1, -0.05) is 18.2 Å². The summed E-state index contributed by atoms with van der Waals surface area (Å²) < 4.78 is 59.8. The molecule has 4 rings (SSSR count). The highest BCUT2D eigenvalue weighted by atomic mass is 32.2. The summed E-state index contributed by atoms with van der Waals surface area (Å²) in [6.45, 7) is 0.881. The van der Waals surface area contributed by atoms with E-state index in [9.17, 15) is 17.2 Å². The van der Waals surface area contributed by atoms with Gasteiger partial charge in [0, 0.05) is 24.6 Å². The Balaban J connectivity index is 1.62. The van der Waals surface area contributed by atoms with Crippen LogP contribution in [0.3, 0.4) is 0 Å². The molecule has 0 amide bonds. The third-order valence-corrected chi connectivity index (χ3v) is 8.12. The number of alkyl halides is 2. The monoisotopic (exact) mass is 473 g/mol.